The topological polar surface area (TPSA) is 76.7 Å². The van der Waals surface area contributed by atoms with Crippen LogP contribution in [0.3, 0.4) is 0 Å². The molecule has 6 heteroatoms. The van der Waals surface area contributed by atoms with Crippen molar-refractivity contribution in [2.24, 2.45) is 5.73 Å². The molecule has 0 atom stereocenters. The number of anilines is 1. The van der Waals surface area contributed by atoms with Crippen molar-refractivity contribution in [1.82, 2.24) is 15.0 Å². The molecule has 0 bridgehead atoms. The van der Waals surface area contributed by atoms with Gasteiger partial charge in [-0.3, -0.25) is 4.98 Å². The van der Waals surface area contributed by atoms with Crippen LogP contribution in [-0.2, 0) is 6.54 Å². The number of hydrogen-bond acceptors (Lipinski definition) is 5. The lowest BCUT2D eigenvalue weighted by atomic mass is 10.1. The molecule has 0 amide bonds. The number of rotatable bonds is 4. The number of aryl methyl sites for hydroxylation is 3. The van der Waals surface area contributed by atoms with Crippen LogP contribution in [0, 0.1) is 20.8 Å². The monoisotopic (exact) mass is 287 g/mol. The molecule has 2 rings (SSSR count). The van der Waals surface area contributed by atoms with Gasteiger partial charge in [-0.1, -0.05) is 12.2 Å². The van der Waals surface area contributed by atoms with Crippen molar-refractivity contribution in [3.8, 4) is 0 Å². The first-order valence-electron chi connectivity index (χ1n) is 6.28. The molecule has 3 N–H and O–H groups in total. The van der Waals surface area contributed by atoms with Crippen molar-refractivity contribution in [3.05, 3.63) is 46.8 Å². The van der Waals surface area contributed by atoms with E-state index in [1.165, 1.54) is 0 Å². The number of thiocarbonyl (C=S) groups is 1. The number of nitrogens with one attached hydrogen (secondary N) is 1. The van der Waals surface area contributed by atoms with Gasteiger partial charge < -0.3 is 11.1 Å². The maximum Gasteiger partial charge on any atom is 0.125 e. The van der Waals surface area contributed by atoms with Gasteiger partial charge in [0.2, 0.25) is 0 Å². The van der Waals surface area contributed by atoms with E-state index in [9.17, 15) is 0 Å². The van der Waals surface area contributed by atoms with Crippen LogP contribution in [0.4, 0.5) is 5.69 Å². The predicted molar refractivity (Wildman–Crippen MR) is 83.7 cm³/mol. The van der Waals surface area contributed by atoms with Crippen LogP contribution in [0.2, 0.25) is 0 Å². The molecule has 2 aromatic heterocycles. The molecular formula is C14H17N5S. The van der Waals surface area contributed by atoms with E-state index in [1.807, 2.05) is 32.9 Å². The lowest BCUT2D eigenvalue weighted by molar-refractivity contribution is 0.953. The fourth-order valence-electron chi connectivity index (χ4n) is 2.07. The Labute approximate surface area is 123 Å². The smallest absolute Gasteiger partial charge is 0.125 e. The summed E-state index contributed by atoms with van der Waals surface area (Å²) in [5.74, 6) is 0.751. The Hall–Kier alpha value is -2.08. The van der Waals surface area contributed by atoms with Gasteiger partial charge in [0.05, 0.1) is 17.8 Å². The Kier molecular flexibility index (Phi) is 4.24. The normalized spacial score (nSPS) is 10.3. The fraction of sp³-hybridized carbons (Fsp3) is 0.286. The predicted octanol–water partition coefficient (Wildman–Crippen LogP) is 2.04. The molecule has 20 heavy (non-hydrogen) atoms. The van der Waals surface area contributed by atoms with Crippen molar-refractivity contribution in [2.75, 3.05) is 5.32 Å². The fourth-order valence-corrected chi connectivity index (χ4v) is 2.33. The minimum Gasteiger partial charge on any atom is -0.389 e. The minimum absolute atomic E-state index is 0.344. The third kappa shape index (κ3) is 3.27. The van der Waals surface area contributed by atoms with Gasteiger partial charge in [0, 0.05) is 23.3 Å². The van der Waals surface area contributed by atoms with E-state index in [0.717, 1.165) is 34.2 Å². The van der Waals surface area contributed by atoms with Crippen molar-refractivity contribution in [2.45, 2.75) is 27.3 Å². The van der Waals surface area contributed by atoms with E-state index in [4.69, 9.17) is 18.0 Å². The Morgan fingerprint density at radius 1 is 1.30 bits per heavy atom. The van der Waals surface area contributed by atoms with E-state index in [-0.39, 0.29) is 0 Å². The van der Waals surface area contributed by atoms with Crippen LogP contribution in [0.5, 0.6) is 0 Å². The minimum atomic E-state index is 0.344. The quantitative estimate of drug-likeness (QED) is 0.838. The number of nitrogens with two attached hydrogens (primary N) is 1. The van der Waals surface area contributed by atoms with Crippen molar-refractivity contribution in [1.29, 1.82) is 0 Å². The highest BCUT2D eigenvalue weighted by Crippen LogP contribution is 2.20. The molecule has 0 fully saturated rings. The summed E-state index contributed by atoms with van der Waals surface area (Å²) in [4.78, 5) is 13.2. The summed E-state index contributed by atoms with van der Waals surface area (Å²) in [6, 6.07) is 3.82. The van der Waals surface area contributed by atoms with E-state index >= 15 is 0 Å². The van der Waals surface area contributed by atoms with E-state index in [0.29, 0.717) is 11.5 Å². The third-order valence-electron chi connectivity index (χ3n) is 2.87. The maximum atomic E-state index is 5.78. The Morgan fingerprint density at radius 3 is 2.70 bits per heavy atom. The zero-order valence-electron chi connectivity index (χ0n) is 11.8. The van der Waals surface area contributed by atoms with E-state index < -0.39 is 0 Å². The molecule has 104 valence electrons. The Morgan fingerprint density at radius 2 is 2.05 bits per heavy atom. The largest absolute Gasteiger partial charge is 0.389 e. The number of pyridine rings is 1. The highest BCUT2D eigenvalue weighted by Gasteiger charge is 2.11. The highest BCUT2D eigenvalue weighted by molar-refractivity contribution is 7.80. The Bertz CT molecular complexity index is 654. The molecule has 0 aliphatic carbocycles. The summed E-state index contributed by atoms with van der Waals surface area (Å²) in [5.41, 5.74) is 10.1. The summed E-state index contributed by atoms with van der Waals surface area (Å²) in [5, 5.41) is 3.32. The number of nitrogens with zero attached hydrogens (tertiary/aromatic N) is 3. The Balaban J connectivity index is 2.27. The molecule has 0 radical (unpaired) electrons. The van der Waals surface area contributed by atoms with Gasteiger partial charge >= 0.3 is 0 Å². The zero-order chi connectivity index (χ0) is 14.7. The van der Waals surface area contributed by atoms with Gasteiger partial charge in [0.25, 0.3) is 0 Å². The van der Waals surface area contributed by atoms with Crippen LogP contribution >= 0.6 is 12.2 Å². The van der Waals surface area contributed by atoms with Gasteiger partial charge in [0.15, 0.2) is 0 Å². The standard InChI is InChI=1S/C14H17N5S/c1-8-6-12(13(14(15)20)9(2)18-8)17-7-11-4-5-16-10(3)19-11/h4-6H,7H2,1-3H3,(H2,15,20)(H,17,18). The van der Waals surface area contributed by atoms with Gasteiger partial charge in [-0.2, -0.15) is 0 Å². The maximum absolute atomic E-state index is 5.78. The average Bonchev–Trinajstić information content (AvgIpc) is 2.35. The second-order valence-electron chi connectivity index (χ2n) is 4.58. The van der Waals surface area contributed by atoms with Crippen molar-refractivity contribution >= 4 is 22.9 Å². The van der Waals surface area contributed by atoms with Gasteiger partial charge in [-0.15, -0.1) is 0 Å². The summed E-state index contributed by atoms with van der Waals surface area (Å²) >= 11 is 5.10. The average molecular weight is 287 g/mol. The summed E-state index contributed by atoms with van der Waals surface area (Å²) in [6.07, 6.45) is 1.75. The van der Waals surface area contributed by atoms with Crippen molar-refractivity contribution < 1.29 is 0 Å². The molecule has 0 spiro atoms. The number of hydrogen-bond donors (Lipinski definition) is 2. The number of aromatic nitrogens is 3. The highest BCUT2D eigenvalue weighted by atomic mass is 32.1. The van der Waals surface area contributed by atoms with E-state index in [1.54, 1.807) is 6.20 Å². The molecule has 5 nitrogen and oxygen atoms in total. The molecule has 0 saturated heterocycles. The molecule has 0 aliphatic heterocycles. The van der Waals surface area contributed by atoms with Gasteiger partial charge in [-0.05, 0) is 32.9 Å². The lowest BCUT2D eigenvalue weighted by Gasteiger charge is -2.14. The van der Waals surface area contributed by atoms with Gasteiger partial charge in [-0.25, -0.2) is 9.97 Å². The first-order chi connectivity index (χ1) is 9.47. The van der Waals surface area contributed by atoms with Crippen molar-refractivity contribution in [3.63, 3.8) is 0 Å². The van der Waals surface area contributed by atoms with E-state index in [2.05, 4.69) is 20.3 Å². The lowest BCUT2D eigenvalue weighted by Crippen LogP contribution is -2.16. The molecule has 2 aromatic rings. The second kappa shape index (κ2) is 5.92. The first kappa shape index (κ1) is 14.3. The molecular weight excluding hydrogens is 270 g/mol. The molecule has 2 heterocycles. The molecule has 0 unspecified atom stereocenters. The summed E-state index contributed by atoms with van der Waals surface area (Å²) in [6.45, 7) is 6.30. The SMILES string of the molecule is Cc1cc(NCc2ccnc(C)n2)c(C(N)=S)c(C)n1. The van der Waals surface area contributed by atoms with Gasteiger partial charge in [0.1, 0.15) is 10.8 Å². The van der Waals surface area contributed by atoms with Crippen LogP contribution in [-0.4, -0.2) is 19.9 Å². The molecule has 0 saturated carbocycles. The van der Waals surface area contributed by atoms with Crippen LogP contribution in [0.15, 0.2) is 18.3 Å². The van der Waals surface area contributed by atoms with Crippen LogP contribution < -0.4 is 11.1 Å². The second-order valence-corrected chi connectivity index (χ2v) is 5.02. The summed E-state index contributed by atoms with van der Waals surface area (Å²) in [7, 11) is 0. The third-order valence-corrected chi connectivity index (χ3v) is 3.07. The first-order valence-corrected chi connectivity index (χ1v) is 6.68. The molecule has 0 aliphatic rings. The summed E-state index contributed by atoms with van der Waals surface area (Å²) < 4.78 is 0. The van der Waals surface area contributed by atoms with Crippen LogP contribution in [0.25, 0.3) is 0 Å². The van der Waals surface area contributed by atoms with Crippen LogP contribution in [0.1, 0.15) is 28.5 Å². The zero-order valence-corrected chi connectivity index (χ0v) is 12.6. The molecule has 0 aromatic carbocycles.